The van der Waals surface area contributed by atoms with Gasteiger partial charge in [-0.2, -0.15) is 4.98 Å². The Morgan fingerprint density at radius 2 is 2.06 bits per heavy atom. The van der Waals surface area contributed by atoms with Crippen LogP contribution < -0.4 is 0 Å². The summed E-state index contributed by atoms with van der Waals surface area (Å²) in [5, 5.41) is 16.8. The second kappa shape index (κ2) is 4.41. The van der Waals surface area contributed by atoms with Crippen LogP contribution in [0.3, 0.4) is 0 Å². The molecule has 1 N–H and O–H groups in total. The topological polar surface area (TPSA) is 80.7 Å². The van der Waals surface area contributed by atoms with Gasteiger partial charge in [0, 0.05) is 12.0 Å². The van der Waals surface area contributed by atoms with Crippen LogP contribution in [0, 0.1) is 0 Å². The van der Waals surface area contributed by atoms with Crippen molar-refractivity contribution in [3.05, 3.63) is 30.2 Å². The average molecular weight is 310 g/mol. The molecule has 6 nitrogen and oxygen atoms in total. The van der Waals surface area contributed by atoms with Gasteiger partial charge in [-0.25, -0.2) is 0 Å². The van der Waals surface area contributed by atoms with Crippen molar-refractivity contribution >= 4 is 20.6 Å². The van der Waals surface area contributed by atoms with E-state index >= 15 is 0 Å². The Hall–Kier alpha value is -1.89. The zero-order chi connectivity index (χ0) is 12.5. The molecule has 7 heteroatoms. The van der Waals surface area contributed by atoms with E-state index in [1.165, 1.54) is 0 Å². The van der Waals surface area contributed by atoms with Crippen LogP contribution in [-0.4, -0.2) is 19.9 Å². The van der Waals surface area contributed by atoms with Crippen molar-refractivity contribution in [2.75, 3.05) is 0 Å². The number of hydrogen-bond acceptors (Lipinski definition) is 6. The number of aromatic hydroxyl groups is 1. The van der Waals surface area contributed by atoms with E-state index in [1.54, 1.807) is 24.3 Å². The number of hydrogen-bond donors (Lipinski definition) is 1. The van der Waals surface area contributed by atoms with Gasteiger partial charge in [0.2, 0.25) is 11.9 Å². The largest absolute Gasteiger partial charge is 0.508 e. The predicted molar refractivity (Wildman–Crippen MR) is 66.2 cm³/mol. The van der Waals surface area contributed by atoms with Crippen molar-refractivity contribution < 1.29 is 14.5 Å². The van der Waals surface area contributed by atoms with Crippen LogP contribution >= 0.6 is 15.9 Å². The van der Waals surface area contributed by atoms with Crippen molar-refractivity contribution in [2.24, 2.45) is 5.16 Å². The summed E-state index contributed by atoms with van der Waals surface area (Å²) in [6.07, 6.45) is 0.245. The first kappa shape index (κ1) is 11.2. The molecule has 92 valence electrons. The average Bonchev–Trinajstić information content (AvgIpc) is 2.98. The summed E-state index contributed by atoms with van der Waals surface area (Å²) in [5.41, 5.74) is 0.765. The van der Waals surface area contributed by atoms with Gasteiger partial charge in [0.15, 0.2) is 0 Å². The van der Waals surface area contributed by atoms with Crippen LogP contribution in [0.1, 0.15) is 18.4 Å². The number of rotatable bonds is 2. The van der Waals surface area contributed by atoms with Crippen LogP contribution in [0.15, 0.2) is 33.9 Å². The molecule has 1 aromatic heterocycles. The van der Waals surface area contributed by atoms with Gasteiger partial charge < -0.3 is 14.5 Å². The van der Waals surface area contributed by atoms with E-state index in [9.17, 15) is 5.11 Å². The first-order valence-electron chi connectivity index (χ1n) is 5.23. The van der Waals surface area contributed by atoms with Gasteiger partial charge in [0.1, 0.15) is 10.4 Å². The molecule has 1 atom stereocenters. The van der Waals surface area contributed by atoms with E-state index in [0.29, 0.717) is 18.1 Å². The first-order valence-corrected chi connectivity index (χ1v) is 6.03. The number of phenols is 1. The Morgan fingerprint density at radius 3 is 2.72 bits per heavy atom. The number of nitrogens with zero attached hydrogens (tertiary/aromatic N) is 3. The molecule has 2 heterocycles. The van der Waals surface area contributed by atoms with Gasteiger partial charge >= 0.3 is 0 Å². The molecule has 0 spiro atoms. The maximum absolute atomic E-state index is 9.21. The van der Waals surface area contributed by atoms with Gasteiger partial charge in [0.05, 0.1) is 0 Å². The standard InChI is InChI=1S/C11H8BrN3O3/c12-9-5-8(17-14-9)11-13-10(15-18-11)6-1-3-7(16)4-2-6/h1-4,8,16H,5H2. The highest BCUT2D eigenvalue weighted by Gasteiger charge is 2.27. The van der Waals surface area contributed by atoms with Crippen molar-refractivity contribution in [2.45, 2.75) is 12.5 Å². The fourth-order valence-corrected chi connectivity index (χ4v) is 1.95. The zero-order valence-corrected chi connectivity index (χ0v) is 10.7. The third-order valence-electron chi connectivity index (χ3n) is 2.48. The molecule has 3 rings (SSSR count). The second-order valence-electron chi connectivity index (χ2n) is 3.77. The highest BCUT2D eigenvalue weighted by Crippen LogP contribution is 2.29. The smallest absolute Gasteiger partial charge is 0.271 e. The fraction of sp³-hybridized carbons (Fsp3) is 0.182. The minimum Gasteiger partial charge on any atom is -0.508 e. The highest BCUT2D eigenvalue weighted by molar-refractivity contribution is 9.18. The van der Waals surface area contributed by atoms with Gasteiger partial charge in [-0.15, -0.1) is 0 Å². The van der Waals surface area contributed by atoms with E-state index in [4.69, 9.17) is 9.36 Å². The zero-order valence-electron chi connectivity index (χ0n) is 9.08. The van der Waals surface area contributed by atoms with Gasteiger partial charge in [-0.05, 0) is 40.2 Å². The van der Waals surface area contributed by atoms with E-state index in [2.05, 4.69) is 31.2 Å². The molecular weight excluding hydrogens is 302 g/mol. The van der Waals surface area contributed by atoms with Crippen molar-refractivity contribution in [1.29, 1.82) is 0 Å². The Labute approximate surface area is 110 Å². The summed E-state index contributed by atoms with van der Waals surface area (Å²) in [4.78, 5) is 9.37. The molecule has 0 radical (unpaired) electrons. The molecular formula is C11H8BrN3O3. The minimum atomic E-state index is -0.335. The van der Waals surface area contributed by atoms with Crippen molar-refractivity contribution in [3.8, 4) is 17.1 Å². The molecule has 0 amide bonds. The van der Waals surface area contributed by atoms with Crippen LogP contribution in [0.2, 0.25) is 0 Å². The van der Waals surface area contributed by atoms with Crippen LogP contribution in [-0.2, 0) is 4.84 Å². The Bertz CT molecular complexity index is 594. The molecule has 0 aliphatic carbocycles. The summed E-state index contributed by atoms with van der Waals surface area (Å²) in [7, 11) is 0. The molecule has 0 bridgehead atoms. The van der Waals surface area contributed by atoms with Crippen LogP contribution in [0.5, 0.6) is 5.75 Å². The Balaban J connectivity index is 1.83. The van der Waals surface area contributed by atoms with E-state index in [-0.39, 0.29) is 11.9 Å². The fourth-order valence-electron chi connectivity index (χ4n) is 1.57. The summed E-state index contributed by atoms with van der Waals surface area (Å²) in [6, 6.07) is 6.56. The normalized spacial score (nSPS) is 18.5. The molecule has 0 fully saturated rings. The number of oxime groups is 1. The Morgan fingerprint density at radius 1 is 1.28 bits per heavy atom. The predicted octanol–water partition coefficient (Wildman–Crippen LogP) is 2.61. The molecule has 1 unspecified atom stereocenters. The SMILES string of the molecule is Oc1ccc(-c2noc(C3CC(Br)=NO3)n2)cc1. The van der Waals surface area contributed by atoms with Gasteiger partial charge in [0.25, 0.3) is 5.89 Å². The number of halogens is 1. The van der Waals surface area contributed by atoms with Gasteiger partial charge in [-0.3, -0.25) is 0 Å². The molecule has 18 heavy (non-hydrogen) atoms. The lowest BCUT2D eigenvalue weighted by Crippen LogP contribution is -1.97. The third kappa shape index (κ3) is 2.08. The maximum Gasteiger partial charge on any atom is 0.271 e. The molecule has 1 aliphatic heterocycles. The van der Waals surface area contributed by atoms with Crippen LogP contribution in [0.25, 0.3) is 11.4 Å². The van der Waals surface area contributed by atoms with E-state index in [1.807, 2.05) is 0 Å². The van der Waals surface area contributed by atoms with Crippen molar-refractivity contribution in [3.63, 3.8) is 0 Å². The quantitative estimate of drug-likeness (QED) is 0.922. The second-order valence-corrected chi connectivity index (χ2v) is 4.68. The molecule has 1 aliphatic rings. The summed E-state index contributed by atoms with van der Waals surface area (Å²) in [5.74, 6) is 1.03. The van der Waals surface area contributed by atoms with Crippen LogP contribution in [0.4, 0.5) is 0 Å². The van der Waals surface area contributed by atoms with E-state index < -0.39 is 0 Å². The summed E-state index contributed by atoms with van der Waals surface area (Å²) in [6.45, 7) is 0. The molecule has 0 saturated carbocycles. The number of benzene rings is 1. The molecule has 0 saturated heterocycles. The van der Waals surface area contributed by atoms with Crippen molar-refractivity contribution in [1.82, 2.24) is 10.1 Å². The maximum atomic E-state index is 9.21. The van der Waals surface area contributed by atoms with Gasteiger partial charge in [-0.1, -0.05) is 10.3 Å². The number of phenolic OH excluding ortho intramolecular Hbond substituents is 1. The minimum absolute atomic E-state index is 0.193. The Kier molecular flexibility index (Phi) is 2.75. The van der Waals surface area contributed by atoms with E-state index in [0.717, 1.165) is 10.2 Å². The lowest BCUT2D eigenvalue weighted by Gasteiger charge is -1.99. The third-order valence-corrected chi connectivity index (χ3v) is 2.94. The molecule has 1 aromatic carbocycles. The first-order chi connectivity index (χ1) is 8.72. The summed E-state index contributed by atoms with van der Waals surface area (Å²) >= 11 is 3.24. The monoisotopic (exact) mass is 309 g/mol. The number of aromatic nitrogens is 2. The lowest BCUT2D eigenvalue weighted by molar-refractivity contribution is 0.0599. The lowest BCUT2D eigenvalue weighted by atomic mass is 10.2. The molecule has 2 aromatic rings. The highest BCUT2D eigenvalue weighted by atomic mass is 79.9. The summed E-state index contributed by atoms with van der Waals surface area (Å²) < 4.78 is 5.86.